The molecule has 2 atom stereocenters. The van der Waals surface area contributed by atoms with Gasteiger partial charge in [0.1, 0.15) is 11.4 Å². The Bertz CT molecular complexity index is 1480. The molecule has 15 nitrogen and oxygen atoms in total. The van der Waals surface area contributed by atoms with Crippen molar-refractivity contribution < 1.29 is 41.1 Å². The lowest BCUT2D eigenvalue weighted by molar-refractivity contribution is -0.192. The number of carbonyl (C=O) groups excluding carboxylic acids is 2. The van der Waals surface area contributed by atoms with Crippen molar-refractivity contribution in [2.75, 3.05) is 22.1 Å². The normalized spacial score (nSPS) is 18.8. The van der Waals surface area contributed by atoms with Crippen molar-refractivity contribution in [1.29, 1.82) is 0 Å². The number of amides is 2. The average Bonchev–Trinajstić information content (AvgIpc) is 3.38. The Morgan fingerprint density at radius 3 is 2.50 bits per heavy atom. The van der Waals surface area contributed by atoms with E-state index < -0.39 is 39.8 Å². The molecule has 0 radical (unpaired) electrons. The van der Waals surface area contributed by atoms with Crippen molar-refractivity contribution in [1.82, 2.24) is 24.4 Å². The van der Waals surface area contributed by atoms with Gasteiger partial charge in [-0.1, -0.05) is 0 Å². The molecule has 4 rings (SSSR count). The number of primary amides is 1. The predicted molar refractivity (Wildman–Crippen MR) is 125 cm³/mol. The fraction of sp³-hybridized carbons (Fsp3) is 0.368. The van der Waals surface area contributed by atoms with E-state index in [0.717, 1.165) is 0 Å². The molecule has 7 N–H and O–H groups in total. The quantitative estimate of drug-likeness (QED) is 0.263. The average molecular weight is 562 g/mol. The molecule has 19 heteroatoms. The van der Waals surface area contributed by atoms with E-state index >= 15 is 0 Å². The molecule has 3 aromatic rings. The third-order valence-corrected chi connectivity index (χ3v) is 6.95. The number of carboxylic acid groups (broad SMARTS) is 1. The largest absolute Gasteiger partial charge is 0.490 e. The van der Waals surface area contributed by atoms with Crippen LogP contribution in [0.4, 0.5) is 24.7 Å². The molecule has 1 fully saturated rings. The molecule has 3 aromatic heterocycles. The summed E-state index contributed by atoms with van der Waals surface area (Å²) < 4.78 is 58.0. The molecule has 0 aliphatic carbocycles. The maximum atomic E-state index is 12.8. The highest BCUT2D eigenvalue weighted by Crippen LogP contribution is 2.20. The predicted octanol–water partition coefficient (Wildman–Crippen LogP) is -0.626. The number of anilines is 2. The molecule has 0 spiro atoms. The Kier molecular flexibility index (Phi) is 7.91. The van der Waals surface area contributed by atoms with Gasteiger partial charge >= 0.3 is 12.1 Å². The highest BCUT2D eigenvalue weighted by molar-refractivity contribution is 7.91. The number of nitrogens with two attached hydrogens (primary N) is 2. The number of aromatic nitrogens is 5. The number of aliphatic carboxylic acids is 1. The molecule has 206 valence electrons. The zero-order chi connectivity index (χ0) is 28.4. The van der Waals surface area contributed by atoms with Crippen LogP contribution < -0.4 is 22.1 Å². The number of alkyl halides is 3. The van der Waals surface area contributed by atoms with E-state index in [1.165, 1.54) is 21.6 Å². The van der Waals surface area contributed by atoms with Crippen LogP contribution in [0.1, 0.15) is 27.3 Å². The van der Waals surface area contributed by atoms with Crippen molar-refractivity contribution in [3.05, 3.63) is 35.9 Å². The van der Waals surface area contributed by atoms with E-state index in [2.05, 4.69) is 25.8 Å². The van der Waals surface area contributed by atoms with E-state index in [9.17, 15) is 31.2 Å². The SMILES string of the molecule is Cn1cc(NC(=O)c2cnn3ccc(N[C@H]4CCS(=O)(=O)C[C@H]4N)nc23)c(C(N)=O)n1.O=C(O)C(F)(F)F. The summed E-state index contributed by atoms with van der Waals surface area (Å²) in [7, 11) is -1.54. The van der Waals surface area contributed by atoms with Gasteiger partial charge in [0.25, 0.3) is 11.8 Å². The number of nitrogens with one attached hydrogen (secondary N) is 2. The van der Waals surface area contributed by atoms with E-state index in [1.807, 2.05) is 0 Å². The summed E-state index contributed by atoms with van der Waals surface area (Å²) in [5, 5.41) is 20.9. The second kappa shape index (κ2) is 10.6. The molecular weight excluding hydrogens is 539 g/mol. The van der Waals surface area contributed by atoms with Crippen LogP contribution in [0.3, 0.4) is 0 Å². The monoisotopic (exact) mass is 561 g/mol. The Labute approximate surface area is 211 Å². The number of hydrogen-bond acceptors (Lipinski definition) is 10. The number of halogens is 3. The molecule has 0 saturated carbocycles. The lowest BCUT2D eigenvalue weighted by atomic mass is 10.1. The van der Waals surface area contributed by atoms with Crippen molar-refractivity contribution in [2.45, 2.75) is 24.7 Å². The van der Waals surface area contributed by atoms with Gasteiger partial charge in [-0.2, -0.15) is 23.4 Å². The van der Waals surface area contributed by atoms with Gasteiger partial charge in [-0.05, 0) is 12.5 Å². The number of nitrogens with zero attached hydrogens (tertiary/aromatic N) is 5. The molecule has 1 aliphatic rings. The molecule has 1 aliphatic heterocycles. The highest BCUT2D eigenvalue weighted by atomic mass is 32.2. The Balaban J connectivity index is 0.000000505. The topological polar surface area (TPSA) is 230 Å². The zero-order valence-corrected chi connectivity index (χ0v) is 20.3. The molecule has 2 amide bonds. The third kappa shape index (κ3) is 6.73. The van der Waals surface area contributed by atoms with Crippen LogP contribution in [0.5, 0.6) is 0 Å². The first-order valence-electron chi connectivity index (χ1n) is 10.6. The first kappa shape index (κ1) is 28.3. The van der Waals surface area contributed by atoms with E-state index in [0.29, 0.717) is 12.2 Å². The number of carbonyl (C=O) groups is 3. The Hall–Kier alpha value is -4.26. The van der Waals surface area contributed by atoms with Gasteiger partial charge in [0.05, 0.1) is 23.4 Å². The van der Waals surface area contributed by atoms with Gasteiger partial charge in [-0.3, -0.25) is 14.3 Å². The number of sulfone groups is 1. The molecule has 0 aromatic carbocycles. The smallest absolute Gasteiger partial charge is 0.475 e. The van der Waals surface area contributed by atoms with Crippen LogP contribution in [0.2, 0.25) is 0 Å². The van der Waals surface area contributed by atoms with E-state index in [4.69, 9.17) is 21.4 Å². The maximum absolute atomic E-state index is 12.8. The Morgan fingerprint density at radius 2 is 1.92 bits per heavy atom. The summed E-state index contributed by atoms with van der Waals surface area (Å²) in [5.74, 6) is -3.69. The summed E-state index contributed by atoms with van der Waals surface area (Å²) in [4.78, 5) is 37.7. The second-order valence-electron chi connectivity index (χ2n) is 8.14. The summed E-state index contributed by atoms with van der Waals surface area (Å²) in [6, 6.07) is 0.818. The summed E-state index contributed by atoms with van der Waals surface area (Å²) in [5.41, 5.74) is 11.8. The van der Waals surface area contributed by atoms with E-state index in [-0.39, 0.29) is 40.1 Å². The first-order valence-corrected chi connectivity index (χ1v) is 12.4. The fourth-order valence-electron chi connectivity index (χ4n) is 3.44. The standard InChI is InChI=1S/C17H21N9O4S.C2HF3O2/c1-25-7-12(14(24-25)15(19)27)22-17(28)9-6-20-26-4-2-13(23-16(9)26)21-11-3-5-31(29,30)8-10(11)18;3-2(4,5)1(6)7/h2,4,6-7,10-11H,3,5,8,18H2,1H3,(H2,19,27)(H,21,23)(H,22,28);(H,6,7)/t10-,11+;/m1./s1. The molecule has 38 heavy (non-hydrogen) atoms. The van der Waals surface area contributed by atoms with Crippen LogP contribution in [0.15, 0.2) is 24.7 Å². The van der Waals surface area contributed by atoms with Crippen molar-refractivity contribution in [2.24, 2.45) is 18.5 Å². The van der Waals surface area contributed by atoms with Crippen molar-refractivity contribution >= 4 is 44.8 Å². The maximum Gasteiger partial charge on any atom is 0.490 e. The summed E-state index contributed by atoms with van der Waals surface area (Å²) in [6.45, 7) is 0. The minimum atomic E-state index is -5.08. The van der Waals surface area contributed by atoms with Crippen molar-refractivity contribution in [3.63, 3.8) is 0 Å². The van der Waals surface area contributed by atoms with Crippen LogP contribution in [-0.4, -0.2) is 85.5 Å². The van der Waals surface area contributed by atoms with Crippen molar-refractivity contribution in [3.8, 4) is 0 Å². The molecule has 0 unspecified atom stereocenters. The van der Waals surface area contributed by atoms with Gasteiger partial charge in [0.2, 0.25) is 0 Å². The molecular formula is C19H22F3N9O6S. The lowest BCUT2D eigenvalue weighted by Gasteiger charge is -2.29. The van der Waals surface area contributed by atoms with Gasteiger partial charge in [-0.25, -0.2) is 22.7 Å². The second-order valence-corrected chi connectivity index (χ2v) is 10.4. The lowest BCUT2D eigenvalue weighted by Crippen LogP contribution is -2.50. The third-order valence-electron chi connectivity index (χ3n) is 5.20. The van der Waals surface area contributed by atoms with Gasteiger partial charge in [-0.15, -0.1) is 0 Å². The number of aryl methyl sites for hydroxylation is 1. The van der Waals surface area contributed by atoms with Crippen LogP contribution >= 0.6 is 0 Å². The zero-order valence-electron chi connectivity index (χ0n) is 19.5. The van der Waals surface area contributed by atoms with Gasteiger partial charge < -0.3 is 27.2 Å². The van der Waals surface area contributed by atoms with Gasteiger partial charge in [0.15, 0.2) is 21.2 Å². The van der Waals surface area contributed by atoms with Crippen LogP contribution in [0, 0.1) is 0 Å². The fourth-order valence-corrected chi connectivity index (χ4v) is 5.04. The Morgan fingerprint density at radius 1 is 1.26 bits per heavy atom. The minimum Gasteiger partial charge on any atom is -0.475 e. The number of carboxylic acids is 1. The van der Waals surface area contributed by atoms with Crippen LogP contribution in [-0.2, 0) is 21.7 Å². The minimum absolute atomic E-state index is 0.0499. The highest BCUT2D eigenvalue weighted by Gasteiger charge is 2.38. The molecule has 4 heterocycles. The number of fused-ring (bicyclic) bond motifs is 1. The van der Waals surface area contributed by atoms with Crippen LogP contribution in [0.25, 0.3) is 5.65 Å². The summed E-state index contributed by atoms with van der Waals surface area (Å²) in [6.07, 6.45) is -0.297. The van der Waals surface area contributed by atoms with E-state index in [1.54, 1.807) is 19.3 Å². The molecule has 0 bridgehead atoms. The summed E-state index contributed by atoms with van der Waals surface area (Å²) >= 11 is 0. The number of rotatable bonds is 5. The molecule has 1 saturated heterocycles. The first-order chi connectivity index (χ1) is 17.6. The van der Waals surface area contributed by atoms with Gasteiger partial charge in [0, 0.05) is 31.5 Å². The number of hydrogen-bond donors (Lipinski definition) is 5.